The SMILES string of the molecule is c1ccc(Oc2ncccn2)cc1.c1ccc(Oc2ncccn2)cc1. The van der Waals surface area contributed by atoms with Gasteiger partial charge in [-0.05, 0) is 36.4 Å². The first-order valence-corrected chi connectivity index (χ1v) is 7.90. The molecule has 0 bridgehead atoms. The Kier molecular flexibility index (Phi) is 6.22. The third kappa shape index (κ3) is 5.68. The fraction of sp³-hybridized carbons (Fsp3) is 0. The monoisotopic (exact) mass is 344 g/mol. The van der Waals surface area contributed by atoms with Crippen LogP contribution in [-0.4, -0.2) is 19.9 Å². The minimum Gasteiger partial charge on any atom is -0.424 e. The second kappa shape index (κ2) is 9.48. The summed E-state index contributed by atoms with van der Waals surface area (Å²) in [5, 5.41) is 0. The third-order valence-electron chi connectivity index (χ3n) is 2.99. The van der Waals surface area contributed by atoms with Gasteiger partial charge in [0.25, 0.3) is 0 Å². The summed E-state index contributed by atoms with van der Waals surface area (Å²) in [4.78, 5) is 15.8. The van der Waals surface area contributed by atoms with Crippen molar-refractivity contribution in [3.63, 3.8) is 0 Å². The molecule has 6 nitrogen and oxygen atoms in total. The van der Waals surface area contributed by atoms with Crippen LogP contribution in [0.2, 0.25) is 0 Å². The largest absolute Gasteiger partial charge is 0.424 e. The first kappa shape index (κ1) is 17.0. The summed E-state index contributed by atoms with van der Waals surface area (Å²) in [5.74, 6) is 1.49. The molecule has 2 aromatic carbocycles. The van der Waals surface area contributed by atoms with E-state index in [-0.39, 0.29) is 0 Å². The molecule has 0 amide bonds. The van der Waals surface area contributed by atoms with E-state index in [0.29, 0.717) is 12.0 Å². The number of aromatic nitrogens is 4. The first-order valence-electron chi connectivity index (χ1n) is 7.90. The van der Waals surface area contributed by atoms with Crippen molar-refractivity contribution in [1.82, 2.24) is 19.9 Å². The lowest BCUT2D eigenvalue weighted by atomic mass is 10.3. The molecule has 0 atom stereocenters. The molecule has 2 heterocycles. The third-order valence-corrected chi connectivity index (χ3v) is 2.99. The minimum atomic E-state index is 0.369. The van der Waals surface area contributed by atoms with Crippen LogP contribution in [0.1, 0.15) is 0 Å². The second-order valence-electron chi connectivity index (χ2n) is 4.89. The average molecular weight is 344 g/mol. The van der Waals surface area contributed by atoms with E-state index in [1.54, 1.807) is 36.9 Å². The van der Waals surface area contributed by atoms with Crippen molar-refractivity contribution in [3.8, 4) is 23.5 Å². The molecule has 0 aliphatic rings. The summed E-state index contributed by atoms with van der Waals surface area (Å²) < 4.78 is 10.7. The molecule has 0 fully saturated rings. The standard InChI is InChI=1S/2C10H8N2O/c2*1-2-5-9(6-3-1)13-10-11-7-4-8-12-10/h2*1-8H. The van der Waals surface area contributed by atoms with Gasteiger partial charge in [-0.15, -0.1) is 0 Å². The molecule has 4 rings (SSSR count). The number of ether oxygens (including phenoxy) is 2. The Labute approximate surface area is 151 Å². The molecule has 26 heavy (non-hydrogen) atoms. The smallest absolute Gasteiger partial charge is 0.321 e. The van der Waals surface area contributed by atoms with Gasteiger partial charge in [-0.25, -0.2) is 19.9 Å². The van der Waals surface area contributed by atoms with Crippen LogP contribution in [0.15, 0.2) is 97.6 Å². The highest BCUT2D eigenvalue weighted by Crippen LogP contribution is 2.15. The topological polar surface area (TPSA) is 70.0 Å². The molecule has 128 valence electrons. The van der Waals surface area contributed by atoms with Gasteiger partial charge in [0.2, 0.25) is 0 Å². The number of hydrogen-bond donors (Lipinski definition) is 0. The van der Waals surface area contributed by atoms with Crippen molar-refractivity contribution in [2.24, 2.45) is 0 Å². The maximum Gasteiger partial charge on any atom is 0.321 e. The molecule has 0 radical (unpaired) electrons. The summed E-state index contributed by atoms with van der Waals surface area (Å²) in [6.45, 7) is 0. The van der Waals surface area contributed by atoms with Crippen LogP contribution in [0.5, 0.6) is 23.5 Å². The fourth-order valence-electron chi connectivity index (χ4n) is 1.86. The van der Waals surface area contributed by atoms with Crippen molar-refractivity contribution < 1.29 is 9.47 Å². The zero-order valence-corrected chi connectivity index (χ0v) is 13.8. The zero-order valence-electron chi connectivity index (χ0n) is 13.8. The number of benzene rings is 2. The van der Waals surface area contributed by atoms with Gasteiger partial charge >= 0.3 is 12.0 Å². The van der Waals surface area contributed by atoms with E-state index in [4.69, 9.17) is 9.47 Å². The highest BCUT2D eigenvalue weighted by molar-refractivity contribution is 5.24. The van der Waals surface area contributed by atoms with E-state index in [0.717, 1.165) is 11.5 Å². The molecule has 6 heteroatoms. The molecule has 0 saturated heterocycles. The van der Waals surface area contributed by atoms with Gasteiger partial charge in [-0.2, -0.15) is 0 Å². The second-order valence-corrected chi connectivity index (χ2v) is 4.89. The van der Waals surface area contributed by atoms with Gasteiger partial charge < -0.3 is 9.47 Å². The number of rotatable bonds is 4. The van der Waals surface area contributed by atoms with Gasteiger partial charge in [0.1, 0.15) is 11.5 Å². The Morgan fingerprint density at radius 1 is 0.423 bits per heavy atom. The average Bonchev–Trinajstić information content (AvgIpc) is 2.72. The van der Waals surface area contributed by atoms with E-state index < -0.39 is 0 Å². The van der Waals surface area contributed by atoms with Crippen molar-refractivity contribution in [2.75, 3.05) is 0 Å². The van der Waals surface area contributed by atoms with E-state index in [2.05, 4.69) is 19.9 Å². The predicted molar refractivity (Wildman–Crippen MR) is 97.1 cm³/mol. The quantitative estimate of drug-likeness (QED) is 0.541. The number of hydrogen-bond acceptors (Lipinski definition) is 6. The summed E-state index contributed by atoms with van der Waals surface area (Å²) in [5.41, 5.74) is 0. The molecule has 0 saturated carbocycles. The molecule has 0 spiro atoms. The molecule has 0 N–H and O–H groups in total. The summed E-state index contributed by atoms with van der Waals surface area (Å²) >= 11 is 0. The van der Waals surface area contributed by atoms with Crippen molar-refractivity contribution in [3.05, 3.63) is 97.6 Å². The lowest BCUT2D eigenvalue weighted by molar-refractivity contribution is 0.441. The van der Waals surface area contributed by atoms with Crippen LogP contribution in [0.3, 0.4) is 0 Å². The minimum absolute atomic E-state index is 0.369. The lowest BCUT2D eigenvalue weighted by Crippen LogP contribution is -1.89. The number of nitrogens with zero attached hydrogens (tertiary/aromatic N) is 4. The molecular weight excluding hydrogens is 328 g/mol. The van der Waals surface area contributed by atoms with Crippen LogP contribution < -0.4 is 9.47 Å². The zero-order chi connectivity index (χ0) is 17.9. The van der Waals surface area contributed by atoms with Crippen LogP contribution >= 0.6 is 0 Å². The molecule has 2 aromatic heterocycles. The van der Waals surface area contributed by atoms with Crippen LogP contribution in [0.25, 0.3) is 0 Å². The van der Waals surface area contributed by atoms with Crippen molar-refractivity contribution >= 4 is 0 Å². The van der Waals surface area contributed by atoms with Crippen LogP contribution in [0, 0.1) is 0 Å². The Balaban J connectivity index is 0.000000151. The Morgan fingerprint density at radius 3 is 1.12 bits per heavy atom. The van der Waals surface area contributed by atoms with Gasteiger partial charge in [0.15, 0.2) is 0 Å². The lowest BCUT2D eigenvalue weighted by Gasteiger charge is -2.00. The van der Waals surface area contributed by atoms with Crippen LogP contribution in [0.4, 0.5) is 0 Å². The van der Waals surface area contributed by atoms with E-state index in [1.165, 1.54) is 0 Å². The van der Waals surface area contributed by atoms with Crippen molar-refractivity contribution in [1.29, 1.82) is 0 Å². The van der Waals surface area contributed by atoms with Gasteiger partial charge in [-0.1, -0.05) is 36.4 Å². The molecule has 0 aliphatic carbocycles. The van der Waals surface area contributed by atoms with E-state index in [9.17, 15) is 0 Å². The maximum atomic E-state index is 5.36. The highest BCUT2D eigenvalue weighted by Gasteiger charge is 1.96. The van der Waals surface area contributed by atoms with E-state index in [1.807, 2.05) is 60.7 Å². The summed E-state index contributed by atoms with van der Waals surface area (Å²) in [7, 11) is 0. The predicted octanol–water partition coefficient (Wildman–Crippen LogP) is 4.54. The first-order chi connectivity index (χ1) is 12.9. The summed E-state index contributed by atoms with van der Waals surface area (Å²) in [6.07, 6.45) is 6.58. The Bertz CT molecular complexity index is 724. The van der Waals surface area contributed by atoms with Gasteiger partial charge in [-0.3, -0.25) is 0 Å². The van der Waals surface area contributed by atoms with Crippen molar-refractivity contribution in [2.45, 2.75) is 0 Å². The molecular formula is C20H16N4O2. The van der Waals surface area contributed by atoms with Crippen LogP contribution in [-0.2, 0) is 0 Å². The van der Waals surface area contributed by atoms with E-state index >= 15 is 0 Å². The molecule has 0 aliphatic heterocycles. The molecule has 4 aromatic rings. The Hall–Kier alpha value is -3.80. The highest BCUT2D eigenvalue weighted by atomic mass is 16.5. The number of para-hydroxylation sites is 2. The maximum absolute atomic E-state index is 5.36. The van der Waals surface area contributed by atoms with Gasteiger partial charge in [0.05, 0.1) is 0 Å². The van der Waals surface area contributed by atoms with Gasteiger partial charge in [0, 0.05) is 24.8 Å². The normalized spacial score (nSPS) is 9.54. The summed E-state index contributed by atoms with van der Waals surface area (Å²) in [6, 6.07) is 23.1. The molecule has 0 unspecified atom stereocenters. The fourth-order valence-corrected chi connectivity index (χ4v) is 1.86. The Morgan fingerprint density at radius 2 is 0.769 bits per heavy atom.